The Labute approximate surface area is 117 Å². The molecule has 20 heavy (non-hydrogen) atoms. The summed E-state index contributed by atoms with van der Waals surface area (Å²) in [4.78, 5) is 3.87. The fraction of sp³-hybridized carbons (Fsp3) is 0.312. The molecule has 1 heterocycles. The summed E-state index contributed by atoms with van der Waals surface area (Å²) in [5.74, 6) is 0. The van der Waals surface area contributed by atoms with Crippen molar-refractivity contribution in [1.82, 2.24) is 4.98 Å². The Morgan fingerprint density at radius 2 is 1.80 bits per heavy atom. The second-order valence-electron chi connectivity index (χ2n) is 5.02. The molecule has 0 aliphatic heterocycles. The first-order chi connectivity index (χ1) is 9.56. The lowest BCUT2D eigenvalue weighted by molar-refractivity contribution is 0.151. The number of halogens is 2. The highest BCUT2D eigenvalue weighted by atomic mass is 19.3. The molecule has 0 spiro atoms. The van der Waals surface area contributed by atoms with Crippen LogP contribution >= 0.6 is 0 Å². The molecule has 1 aromatic carbocycles. The van der Waals surface area contributed by atoms with E-state index in [1.807, 2.05) is 31.2 Å². The zero-order valence-corrected chi connectivity index (χ0v) is 11.4. The van der Waals surface area contributed by atoms with Gasteiger partial charge in [-0.3, -0.25) is 4.98 Å². The topological polar surface area (TPSA) is 38.9 Å². The van der Waals surface area contributed by atoms with Crippen molar-refractivity contribution >= 4 is 0 Å². The zero-order valence-electron chi connectivity index (χ0n) is 11.4. The smallest absolute Gasteiger partial charge is 0.265 e. The largest absolute Gasteiger partial charge is 0.328 e. The lowest BCUT2D eigenvalue weighted by atomic mass is 10.0. The summed E-state index contributed by atoms with van der Waals surface area (Å²) in [5, 5.41) is 0. The molecule has 1 aromatic heterocycles. The molecule has 2 aromatic rings. The Kier molecular flexibility index (Phi) is 4.79. The molecule has 0 aliphatic carbocycles. The molecule has 2 nitrogen and oxygen atoms in total. The molecule has 0 unspecified atom stereocenters. The molecule has 0 saturated carbocycles. The van der Waals surface area contributed by atoms with Crippen LogP contribution in [0.1, 0.15) is 30.9 Å². The highest BCUT2D eigenvalue weighted by Crippen LogP contribution is 2.25. The number of hydrogen-bond donors (Lipinski definition) is 1. The monoisotopic (exact) mass is 276 g/mol. The number of aromatic nitrogens is 1. The first-order valence-corrected chi connectivity index (χ1v) is 6.64. The first-order valence-electron chi connectivity index (χ1n) is 6.64. The Bertz CT molecular complexity index is 551. The molecule has 2 rings (SSSR count). The Morgan fingerprint density at radius 3 is 2.40 bits per heavy atom. The molecule has 0 amide bonds. The van der Waals surface area contributed by atoms with E-state index in [0.717, 1.165) is 18.4 Å². The van der Waals surface area contributed by atoms with Crippen LogP contribution in [-0.2, 0) is 6.42 Å². The highest BCUT2D eigenvalue weighted by molar-refractivity contribution is 5.63. The van der Waals surface area contributed by atoms with E-state index in [0.29, 0.717) is 5.56 Å². The van der Waals surface area contributed by atoms with Crippen LogP contribution in [0.3, 0.4) is 0 Å². The molecular weight excluding hydrogens is 258 g/mol. The van der Waals surface area contributed by atoms with Crippen LogP contribution in [0.4, 0.5) is 8.78 Å². The number of alkyl halides is 2. The number of aryl methyl sites for hydroxylation is 1. The average molecular weight is 276 g/mol. The maximum absolute atomic E-state index is 12.7. The average Bonchev–Trinajstić information content (AvgIpc) is 2.46. The molecule has 0 aliphatic rings. The number of pyridine rings is 1. The van der Waals surface area contributed by atoms with Crippen LogP contribution in [0.15, 0.2) is 42.7 Å². The van der Waals surface area contributed by atoms with E-state index in [9.17, 15) is 8.78 Å². The third kappa shape index (κ3) is 3.84. The standard InChI is InChI=1S/C16H18F2N2/c1-11(19)2-3-12-4-6-13(7-5-12)14-8-15(16(17)18)10-20-9-14/h4-11,16H,2-3,19H2,1H3/t11-/m1/s1. The van der Waals surface area contributed by atoms with Gasteiger partial charge in [-0.2, -0.15) is 0 Å². The summed E-state index contributed by atoms with van der Waals surface area (Å²) in [7, 11) is 0. The summed E-state index contributed by atoms with van der Waals surface area (Å²) in [5.41, 5.74) is 8.48. The van der Waals surface area contributed by atoms with Gasteiger partial charge in [0.05, 0.1) is 0 Å². The third-order valence-electron chi connectivity index (χ3n) is 3.19. The predicted octanol–water partition coefficient (Wildman–Crippen LogP) is 3.97. The van der Waals surface area contributed by atoms with Crippen molar-refractivity contribution in [2.45, 2.75) is 32.2 Å². The van der Waals surface area contributed by atoms with Crippen LogP contribution in [0.25, 0.3) is 11.1 Å². The number of nitrogens with two attached hydrogens (primary N) is 1. The zero-order chi connectivity index (χ0) is 14.5. The minimum atomic E-state index is -2.49. The van der Waals surface area contributed by atoms with Gasteiger partial charge in [0, 0.05) is 29.6 Å². The van der Waals surface area contributed by atoms with Crippen molar-refractivity contribution in [2.24, 2.45) is 5.73 Å². The fourth-order valence-corrected chi connectivity index (χ4v) is 1.99. The van der Waals surface area contributed by atoms with E-state index in [1.54, 1.807) is 6.20 Å². The minimum absolute atomic E-state index is 0.0523. The first kappa shape index (κ1) is 14.6. The van der Waals surface area contributed by atoms with Gasteiger partial charge in [0.1, 0.15) is 0 Å². The molecule has 0 radical (unpaired) electrons. The van der Waals surface area contributed by atoms with Gasteiger partial charge in [0.2, 0.25) is 0 Å². The van der Waals surface area contributed by atoms with Crippen LogP contribution in [-0.4, -0.2) is 11.0 Å². The Morgan fingerprint density at radius 1 is 1.10 bits per heavy atom. The van der Waals surface area contributed by atoms with E-state index in [-0.39, 0.29) is 11.6 Å². The quantitative estimate of drug-likeness (QED) is 0.897. The van der Waals surface area contributed by atoms with Gasteiger partial charge in [0.25, 0.3) is 6.43 Å². The van der Waals surface area contributed by atoms with Crippen molar-refractivity contribution in [3.63, 3.8) is 0 Å². The van der Waals surface area contributed by atoms with Gasteiger partial charge in [-0.25, -0.2) is 8.78 Å². The van der Waals surface area contributed by atoms with E-state index in [1.165, 1.54) is 17.8 Å². The van der Waals surface area contributed by atoms with E-state index >= 15 is 0 Å². The molecule has 1 atom stereocenters. The number of rotatable bonds is 5. The Hall–Kier alpha value is -1.81. The molecular formula is C16H18F2N2. The number of hydrogen-bond acceptors (Lipinski definition) is 2. The second kappa shape index (κ2) is 6.57. The second-order valence-corrected chi connectivity index (χ2v) is 5.02. The van der Waals surface area contributed by atoms with Gasteiger partial charge in [-0.05, 0) is 37.0 Å². The molecule has 0 bridgehead atoms. The fourth-order valence-electron chi connectivity index (χ4n) is 1.99. The summed E-state index contributed by atoms with van der Waals surface area (Å²) in [6, 6.07) is 9.54. The van der Waals surface area contributed by atoms with Gasteiger partial charge in [-0.1, -0.05) is 24.3 Å². The Balaban J connectivity index is 2.15. The summed E-state index contributed by atoms with van der Waals surface area (Å²) < 4.78 is 25.3. The number of nitrogens with zero attached hydrogens (tertiary/aromatic N) is 1. The van der Waals surface area contributed by atoms with Crippen molar-refractivity contribution < 1.29 is 8.78 Å². The summed E-state index contributed by atoms with van der Waals surface area (Å²) >= 11 is 0. The van der Waals surface area contributed by atoms with Gasteiger partial charge < -0.3 is 5.73 Å². The number of benzene rings is 1. The normalized spacial score (nSPS) is 12.7. The molecule has 106 valence electrons. The van der Waals surface area contributed by atoms with E-state index < -0.39 is 6.43 Å². The van der Waals surface area contributed by atoms with Crippen molar-refractivity contribution in [3.05, 3.63) is 53.9 Å². The van der Waals surface area contributed by atoms with Crippen molar-refractivity contribution in [2.75, 3.05) is 0 Å². The van der Waals surface area contributed by atoms with E-state index in [2.05, 4.69) is 4.98 Å². The van der Waals surface area contributed by atoms with Crippen LogP contribution in [0.2, 0.25) is 0 Å². The van der Waals surface area contributed by atoms with Gasteiger partial charge in [-0.15, -0.1) is 0 Å². The lowest BCUT2D eigenvalue weighted by Gasteiger charge is -2.07. The highest BCUT2D eigenvalue weighted by Gasteiger charge is 2.08. The lowest BCUT2D eigenvalue weighted by Crippen LogP contribution is -2.15. The van der Waals surface area contributed by atoms with Crippen LogP contribution < -0.4 is 5.73 Å². The van der Waals surface area contributed by atoms with E-state index in [4.69, 9.17) is 5.73 Å². The van der Waals surface area contributed by atoms with Crippen LogP contribution in [0, 0.1) is 0 Å². The maximum atomic E-state index is 12.7. The summed E-state index contributed by atoms with van der Waals surface area (Å²) in [6.45, 7) is 1.98. The summed E-state index contributed by atoms with van der Waals surface area (Å²) in [6.07, 6.45) is 2.16. The molecule has 0 saturated heterocycles. The van der Waals surface area contributed by atoms with Gasteiger partial charge >= 0.3 is 0 Å². The molecule has 4 heteroatoms. The van der Waals surface area contributed by atoms with Gasteiger partial charge in [0.15, 0.2) is 0 Å². The minimum Gasteiger partial charge on any atom is -0.328 e. The predicted molar refractivity (Wildman–Crippen MR) is 76.6 cm³/mol. The van der Waals surface area contributed by atoms with Crippen molar-refractivity contribution in [3.8, 4) is 11.1 Å². The van der Waals surface area contributed by atoms with Crippen molar-refractivity contribution in [1.29, 1.82) is 0 Å². The maximum Gasteiger partial charge on any atom is 0.265 e. The molecule has 0 fully saturated rings. The van der Waals surface area contributed by atoms with Crippen LogP contribution in [0.5, 0.6) is 0 Å². The SMILES string of the molecule is C[C@@H](N)CCc1ccc(-c2cncc(C(F)F)c2)cc1. The molecule has 2 N–H and O–H groups in total. The third-order valence-corrected chi connectivity index (χ3v) is 3.19.